The van der Waals surface area contributed by atoms with Gasteiger partial charge < -0.3 is 5.32 Å². The van der Waals surface area contributed by atoms with Crippen molar-refractivity contribution in [2.24, 2.45) is 5.14 Å². The highest BCUT2D eigenvalue weighted by Crippen LogP contribution is 2.22. The second-order valence-electron chi connectivity index (χ2n) is 4.81. The van der Waals surface area contributed by atoms with E-state index in [9.17, 15) is 8.42 Å². The van der Waals surface area contributed by atoms with Crippen molar-refractivity contribution in [3.05, 3.63) is 52.3 Å². The van der Waals surface area contributed by atoms with Crippen LogP contribution < -0.4 is 10.5 Å². The molecule has 0 bridgehead atoms. The second kappa shape index (κ2) is 6.13. The predicted molar refractivity (Wildman–Crippen MR) is 86.5 cm³/mol. The van der Waals surface area contributed by atoms with E-state index in [-0.39, 0.29) is 10.9 Å². The second-order valence-corrected chi connectivity index (χ2v) is 7.12. The van der Waals surface area contributed by atoms with E-state index in [0.29, 0.717) is 0 Å². The van der Waals surface area contributed by atoms with Crippen LogP contribution in [0.5, 0.6) is 0 Å². The molecule has 0 aliphatic carbocycles. The van der Waals surface area contributed by atoms with Crippen molar-refractivity contribution in [3.8, 4) is 0 Å². The summed E-state index contributed by atoms with van der Waals surface area (Å²) in [5, 5.41) is 8.40. The highest BCUT2D eigenvalue weighted by atomic mass is 79.9. The molecular weight excluding hydrogens is 354 g/mol. The third-order valence-electron chi connectivity index (χ3n) is 3.11. The lowest BCUT2D eigenvalue weighted by Crippen LogP contribution is -2.12. The first kappa shape index (κ1) is 15.9. The van der Waals surface area contributed by atoms with Crippen molar-refractivity contribution in [2.75, 3.05) is 5.32 Å². The van der Waals surface area contributed by atoms with Crippen molar-refractivity contribution in [1.82, 2.24) is 4.98 Å². The van der Waals surface area contributed by atoms with Gasteiger partial charge in [-0.25, -0.2) is 18.5 Å². The van der Waals surface area contributed by atoms with Crippen LogP contribution in [0, 0.1) is 6.92 Å². The molecule has 1 aromatic heterocycles. The van der Waals surface area contributed by atoms with Gasteiger partial charge in [0.2, 0.25) is 10.0 Å². The number of anilines is 1. The van der Waals surface area contributed by atoms with Gasteiger partial charge in [0.05, 0.1) is 16.8 Å². The summed E-state index contributed by atoms with van der Waals surface area (Å²) in [4.78, 5) is 4.34. The predicted octanol–water partition coefficient (Wildman–Crippen LogP) is 2.97. The number of rotatable bonds is 4. The summed E-state index contributed by atoms with van der Waals surface area (Å²) in [6, 6.07) is 8.52. The molecule has 0 fully saturated rings. The number of halogens is 1. The zero-order chi connectivity index (χ0) is 15.6. The van der Waals surface area contributed by atoms with Crippen molar-refractivity contribution in [2.45, 2.75) is 24.8 Å². The molecule has 1 aromatic carbocycles. The van der Waals surface area contributed by atoms with Gasteiger partial charge in [-0.05, 0) is 59.1 Å². The van der Waals surface area contributed by atoms with Crippen LogP contribution in [0.3, 0.4) is 0 Å². The standard InChI is InChI=1S/C14H16BrN3O2S/c1-9-7-12(8-17-14(9)15)18-10(2)11-3-5-13(6-4-11)21(16,19)20/h3-8,10,18H,1-2H3,(H2,16,19,20). The van der Waals surface area contributed by atoms with Crippen LogP contribution in [0.15, 0.2) is 46.0 Å². The largest absolute Gasteiger partial charge is 0.377 e. The van der Waals surface area contributed by atoms with E-state index in [1.54, 1.807) is 18.3 Å². The van der Waals surface area contributed by atoms with Crippen LogP contribution in [0.1, 0.15) is 24.1 Å². The monoisotopic (exact) mass is 369 g/mol. The van der Waals surface area contributed by atoms with Crippen molar-refractivity contribution in [3.63, 3.8) is 0 Å². The number of aromatic nitrogens is 1. The first-order chi connectivity index (χ1) is 9.77. The number of hydrogen-bond donors (Lipinski definition) is 2. The fourth-order valence-electron chi connectivity index (χ4n) is 1.92. The van der Waals surface area contributed by atoms with E-state index in [1.807, 2.05) is 19.9 Å². The van der Waals surface area contributed by atoms with Crippen LogP contribution in [-0.2, 0) is 10.0 Å². The molecule has 0 spiro atoms. The number of pyridine rings is 1. The lowest BCUT2D eigenvalue weighted by molar-refractivity contribution is 0.597. The third-order valence-corrected chi connectivity index (χ3v) is 4.87. The molecule has 2 rings (SSSR count). The smallest absolute Gasteiger partial charge is 0.238 e. The van der Waals surface area contributed by atoms with Crippen LogP contribution in [0.25, 0.3) is 0 Å². The highest BCUT2D eigenvalue weighted by molar-refractivity contribution is 9.10. The molecule has 112 valence electrons. The average molecular weight is 370 g/mol. The van der Waals surface area contributed by atoms with Crippen molar-refractivity contribution in [1.29, 1.82) is 0 Å². The van der Waals surface area contributed by atoms with Gasteiger partial charge in [-0.3, -0.25) is 0 Å². The molecule has 0 radical (unpaired) electrons. The molecule has 21 heavy (non-hydrogen) atoms. The molecule has 0 aliphatic rings. The van der Waals surface area contributed by atoms with E-state index in [0.717, 1.165) is 21.4 Å². The Hall–Kier alpha value is -1.44. The quantitative estimate of drug-likeness (QED) is 0.811. The normalized spacial score (nSPS) is 13.0. The molecule has 2 aromatic rings. The molecule has 0 saturated carbocycles. The molecule has 1 unspecified atom stereocenters. The van der Waals surface area contributed by atoms with Gasteiger partial charge in [-0.15, -0.1) is 0 Å². The lowest BCUT2D eigenvalue weighted by atomic mass is 10.1. The summed E-state index contributed by atoms with van der Waals surface area (Å²) in [5.74, 6) is 0. The van der Waals surface area contributed by atoms with Gasteiger partial charge in [0.1, 0.15) is 4.60 Å². The van der Waals surface area contributed by atoms with E-state index < -0.39 is 10.0 Å². The molecule has 7 heteroatoms. The summed E-state index contributed by atoms with van der Waals surface area (Å²) in [6.45, 7) is 3.96. The number of nitrogens with one attached hydrogen (secondary N) is 1. The molecular formula is C14H16BrN3O2S. The summed E-state index contributed by atoms with van der Waals surface area (Å²) >= 11 is 3.36. The van der Waals surface area contributed by atoms with Crippen LogP contribution in [0.2, 0.25) is 0 Å². The van der Waals surface area contributed by atoms with Crippen LogP contribution in [-0.4, -0.2) is 13.4 Å². The molecule has 0 aliphatic heterocycles. The number of hydrogen-bond acceptors (Lipinski definition) is 4. The van der Waals surface area contributed by atoms with Crippen LogP contribution in [0.4, 0.5) is 5.69 Å². The zero-order valence-corrected chi connectivity index (χ0v) is 14.1. The van der Waals surface area contributed by atoms with Gasteiger partial charge in [0, 0.05) is 6.04 Å². The first-order valence-corrected chi connectivity index (χ1v) is 8.63. The Labute approximate surface area is 132 Å². The summed E-state index contributed by atoms with van der Waals surface area (Å²) < 4.78 is 23.3. The Bertz CT molecular complexity index is 745. The Morgan fingerprint density at radius 2 is 1.90 bits per heavy atom. The van der Waals surface area contributed by atoms with E-state index in [4.69, 9.17) is 5.14 Å². The number of nitrogens with zero attached hydrogens (tertiary/aromatic N) is 1. The molecule has 0 saturated heterocycles. The minimum Gasteiger partial charge on any atom is -0.377 e. The van der Waals surface area contributed by atoms with E-state index >= 15 is 0 Å². The topological polar surface area (TPSA) is 85.1 Å². The van der Waals surface area contributed by atoms with Crippen molar-refractivity contribution < 1.29 is 8.42 Å². The number of benzene rings is 1. The maximum atomic E-state index is 11.2. The van der Waals surface area contributed by atoms with Gasteiger partial charge in [-0.1, -0.05) is 12.1 Å². The molecule has 0 amide bonds. The third kappa shape index (κ3) is 4.03. The Morgan fingerprint density at radius 1 is 1.29 bits per heavy atom. The minimum atomic E-state index is -3.65. The summed E-state index contributed by atoms with van der Waals surface area (Å²) in [5.41, 5.74) is 2.90. The lowest BCUT2D eigenvalue weighted by Gasteiger charge is -2.16. The number of sulfonamides is 1. The summed E-state index contributed by atoms with van der Waals surface area (Å²) in [7, 11) is -3.65. The average Bonchev–Trinajstić information content (AvgIpc) is 2.42. The fraction of sp³-hybridized carbons (Fsp3) is 0.214. The van der Waals surface area contributed by atoms with Gasteiger partial charge in [0.15, 0.2) is 0 Å². The number of primary sulfonamides is 1. The van der Waals surface area contributed by atoms with E-state index in [1.165, 1.54) is 12.1 Å². The highest BCUT2D eigenvalue weighted by Gasteiger charge is 2.10. The Morgan fingerprint density at radius 3 is 2.43 bits per heavy atom. The summed E-state index contributed by atoms with van der Waals surface area (Å²) in [6.07, 6.45) is 1.74. The van der Waals surface area contributed by atoms with E-state index in [2.05, 4.69) is 26.2 Å². The number of aryl methyl sites for hydroxylation is 1. The minimum absolute atomic E-state index is 0.0157. The maximum absolute atomic E-state index is 11.2. The maximum Gasteiger partial charge on any atom is 0.238 e. The fourth-order valence-corrected chi connectivity index (χ4v) is 2.65. The Balaban J connectivity index is 2.16. The molecule has 1 atom stereocenters. The molecule has 5 nitrogen and oxygen atoms in total. The van der Waals surface area contributed by atoms with Gasteiger partial charge in [0.25, 0.3) is 0 Å². The Kier molecular flexibility index (Phi) is 4.65. The SMILES string of the molecule is Cc1cc(NC(C)c2ccc(S(N)(=O)=O)cc2)cnc1Br. The van der Waals surface area contributed by atoms with Crippen molar-refractivity contribution >= 4 is 31.6 Å². The zero-order valence-electron chi connectivity index (χ0n) is 11.7. The van der Waals surface area contributed by atoms with Gasteiger partial charge >= 0.3 is 0 Å². The molecule has 1 heterocycles. The first-order valence-electron chi connectivity index (χ1n) is 6.29. The van der Waals surface area contributed by atoms with Gasteiger partial charge in [-0.2, -0.15) is 0 Å². The number of nitrogens with two attached hydrogens (primary N) is 1. The molecule has 3 N–H and O–H groups in total. The van der Waals surface area contributed by atoms with Crippen LogP contribution >= 0.6 is 15.9 Å².